The molecule has 130 valence electrons. The van der Waals surface area contributed by atoms with Crippen LogP contribution in [0, 0.1) is 6.92 Å². The first kappa shape index (κ1) is 17.6. The fourth-order valence-electron chi connectivity index (χ4n) is 2.78. The summed E-state index contributed by atoms with van der Waals surface area (Å²) in [5, 5.41) is 15.3. The van der Waals surface area contributed by atoms with Gasteiger partial charge in [-0.25, -0.2) is 5.43 Å². The van der Waals surface area contributed by atoms with Crippen LogP contribution in [0.4, 0.5) is 0 Å². The molecule has 4 nitrogen and oxygen atoms in total. The molecule has 2 N–H and O–H groups in total. The number of nitrogens with zero attached hydrogens (tertiary/aromatic N) is 1. The summed E-state index contributed by atoms with van der Waals surface area (Å²) >= 11 is 0. The number of rotatable bonds is 5. The van der Waals surface area contributed by atoms with Gasteiger partial charge in [-0.1, -0.05) is 90.5 Å². The summed E-state index contributed by atoms with van der Waals surface area (Å²) in [5.74, 6) is -0.612. The average Bonchev–Trinajstić information content (AvgIpc) is 2.68. The van der Waals surface area contributed by atoms with Crippen molar-refractivity contribution in [3.05, 3.63) is 107 Å². The number of benzene rings is 3. The maximum atomic E-state index is 12.8. The zero-order valence-corrected chi connectivity index (χ0v) is 14.5. The van der Waals surface area contributed by atoms with E-state index in [4.69, 9.17) is 0 Å². The summed E-state index contributed by atoms with van der Waals surface area (Å²) in [7, 11) is 0. The van der Waals surface area contributed by atoms with Gasteiger partial charge in [-0.15, -0.1) is 0 Å². The highest BCUT2D eigenvalue weighted by Gasteiger charge is 2.39. The lowest BCUT2D eigenvalue weighted by Crippen LogP contribution is -2.43. The Hall–Kier alpha value is -3.24. The predicted molar refractivity (Wildman–Crippen MR) is 103 cm³/mol. The summed E-state index contributed by atoms with van der Waals surface area (Å²) in [5.41, 5.74) is 3.57. The van der Waals surface area contributed by atoms with Crippen LogP contribution in [0.2, 0.25) is 0 Å². The Morgan fingerprint density at radius 3 is 2.04 bits per heavy atom. The van der Waals surface area contributed by atoms with Gasteiger partial charge in [0.1, 0.15) is 0 Å². The molecule has 0 radical (unpaired) electrons. The Balaban J connectivity index is 1.89. The van der Waals surface area contributed by atoms with E-state index < -0.39 is 11.5 Å². The van der Waals surface area contributed by atoms with E-state index in [2.05, 4.69) is 10.5 Å². The van der Waals surface area contributed by atoms with E-state index >= 15 is 0 Å². The first-order chi connectivity index (χ1) is 12.6. The van der Waals surface area contributed by atoms with Crippen molar-refractivity contribution >= 4 is 12.1 Å². The van der Waals surface area contributed by atoms with Crippen molar-refractivity contribution in [3.8, 4) is 0 Å². The summed E-state index contributed by atoms with van der Waals surface area (Å²) in [6.07, 6.45) is 1.56. The minimum Gasteiger partial charge on any atom is -0.372 e. The Bertz CT molecular complexity index is 866. The van der Waals surface area contributed by atoms with Crippen LogP contribution in [0.5, 0.6) is 0 Å². The van der Waals surface area contributed by atoms with Crippen LogP contribution in [-0.2, 0) is 10.4 Å². The Morgan fingerprint density at radius 2 is 1.50 bits per heavy atom. The number of carbonyl (C=O) groups is 1. The van der Waals surface area contributed by atoms with Crippen LogP contribution in [0.1, 0.15) is 22.3 Å². The molecule has 0 unspecified atom stereocenters. The van der Waals surface area contributed by atoms with Crippen LogP contribution >= 0.6 is 0 Å². The number of carbonyl (C=O) groups excluding carboxylic acids is 1. The SMILES string of the molecule is Cc1cccc(C=NNC(=O)C(O)(c2ccccc2)c2ccccc2)c1. The highest BCUT2D eigenvalue weighted by atomic mass is 16.3. The standard InChI is InChI=1S/C22H20N2O2/c1-17-9-8-10-18(15-17)16-23-24-21(25)22(26,19-11-4-2-5-12-19)20-13-6-3-7-14-20/h2-16,26H,1H3,(H,24,25). The number of aliphatic hydroxyl groups is 1. The van der Waals surface area contributed by atoms with Gasteiger partial charge in [0.25, 0.3) is 5.91 Å². The van der Waals surface area contributed by atoms with Gasteiger partial charge in [0, 0.05) is 0 Å². The van der Waals surface area contributed by atoms with Gasteiger partial charge >= 0.3 is 0 Å². The fraction of sp³-hybridized carbons (Fsp3) is 0.0909. The maximum absolute atomic E-state index is 12.8. The number of hydrogen-bond donors (Lipinski definition) is 2. The fourth-order valence-corrected chi connectivity index (χ4v) is 2.78. The molecule has 1 amide bonds. The third-order valence-electron chi connectivity index (χ3n) is 4.13. The minimum absolute atomic E-state index is 0.481. The monoisotopic (exact) mass is 344 g/mol. The van der Waals surface area contributed by atoms with E-state index in [1.807, 2.05) is 43.3 Å². The zero-order chi connectivity index (χ0) is 18.4. The quantitative estimate of drug-likeness (QED) is 0.550. The van der Waals surface area contributed by atoms with E-state index in [1.165, 1.54) is 0 Å². The van der Waals surface area contributed by atoms with E-state index in [1.54, 1.807) is 54.7 Å². The van der Waals surface area contributed by atoms with Crippen LogP contribution in [0.3, 0.4) is 0 Å². The maximum Gasteiger partial charge on any atom is 0.281 e. The molecule has 0 saturated carbocycles. The molecule has 0 aromatic heterocycles. The normalized spacial score (nSPS) is 11.5. The molecule has 0 saturated heterocycles. The van der Waals surface area contributed by atoms with Crippen LogP contribution in [-0.4, -0.2) is 17.2 Å². The van der Waals surface area contributed by atoms with Crippen molar-refractivity contribution in [1.82, 2.24) is 5.43 Å². The highest BCUT2D eigenvalue weighted by molar-refractivity contribution is 5.91. The number of amides is 1. The molecule has 26 heavy (non-hydrogen) atoms. The lowest BCUT2D eigenvalue weighted by Gasteiger charge is -2.27. The van der Waals surface area contributed by atoms with Crippen molar-refractivity contribution in [3.63, 3.8) is 0 Å². The summed E-state index contributed by atoms with van der Waals surface area (Å²) < 4.78 is 0. The number of hydrogen-bond acceptors (Lipinski definition) is 3. The van der Waals surface area contributed by atoms with Gasteiger partial charge in [0.15, 0.2) is 5.60 Å². The highest BCUT2D eigenvalue weighted by Crippen LogP contribution is 2.29. The molecule has 0 aliphatic heterocycles. The topological polar surface area (TPSA) is 61.7 Å². The lowest BCUT2D eigenvalue weighted by molar-refractivity contribution is -0.136. The second-order valence-corrected chi connectivity index (χ2v) is 6.06. The van der Waals surface area contributed by atoms with Gasteiger partial charge < -0.3 is 5.11 Å². The molecule has 3 rings (SSSR count). The summed E-state index contributed by atoms with van der Waals surface area (Å²) in [4.78, 5) is 12.8. The molecule has 0 bridgehead atoms. The van der Waals surface area contributed by atoms with Gasteiger partial charge in [-0.05, 0) is 23.6 Å². The first-order valence-electron chi connectivity index (χ1n) is 8.34. The lowest BCUT2D eigenvalue weighted by atomic mass is 9.85. The second-order valence-electron chi connectivity index (χ2n) is 6.06. The Labute approximate surface area is 152 Å². The molecule has 0 heterocycles. The zero-order valence-electron chi connectivity index (χ0n) is 14.5. The molecule has 3 aromatic carbocycles. The number of nitrogens with one attached hydrogen (secondary N) is 1. The van der Waals surface area contributed by atoms with Crippen LogP contribution in [0.15, 0.2) is 90.0 Å². The molecular formula is C22H20N2O2. The molecule has 0 atom stereocenters. The molecule has 0 fully saturated rings. The van der Waals surface area contributed by atoms with E-state index in [9.17, 15) is 9.90 Å². The molecule has 0 aliphatic carbocycles. The predicted octanol–water partition coefficient (Wildman–Crippen LogP) is 3.38. The van der Waals surface area contributed by atoms with Crippen LogP contribution < -0.4 is 5.43 Å². The molecule has 0 aliphatic rings. The van der Waals surface area contributed by atoms with Crippen LogP contribution in [0.25, 0.3) is 0 Å². The number of aryl methyl sites for hydroxylation is 1. The Kier molecular flexibility index (Phi) is 5.25. The third kappa shape index (κ3) is 3.71. The van der Waals surface area contributed by atoms with Gasteiger partial charge in [-0.3, -0.25) is 4.79 Å². The van der Waals surface area contributed by atoms with Gasteiger partial charge in [0.2, 0.25) is 0 Å². The first-order valence-corrected chi connectivity index (χ1v) is 8.34. The van der Waals surface area contributed by atoms with Crippen molar-refractivity contribution in [2.45, 2.75) is 12.5 Å². The molecule has 4 heteroatoms. The molecular weight excluding hydrogens is 324 g/mol. The molecule has 0 spiro atoms. The van der Waals surface area contributed by atoms with E-state index in [-0.39, 0.29) is 0 Å². The Morgan fingerprint density at radius 1 is 0.923 bits per heavy atom. The van der Waals surface area contributed by atoms with E-state index in [0.717, 1.165) is 11.1 Å². The average molecular weight is 344 g/mol. The number of hydrazone groups is 1. The third-order valence-corrected chi connectivity index (χ3v) is 4.13. The van der Waals surface area contributed by atoms with Crippen molar-refractivity contribution in [2.75, 3.05) is 0 Å². The van der Waals surface area contributed by atoms with Gasteiger partial charge in [0.05, 0.1) is 6.21 Å². The summed E-state index contributed by atoms with van der Waals surface area (Å²) in [6.45, 7) is 1.99. The van der Waals surface area contributed by atoms with Crippen molar-refractivity contribution < 1.29 is 9.90 Å². The summed E-state index contributed by atoms with van der Waals surface area (Å²) in [6, 6.07) is 25.4. The molecule has 3 aromatic rings. The van der Waals surface area contributed by atoms with Crippen molar-refractivity contribution in [2.24, 2.45) is 5.10 Å². The smallest absolute Gasteiger partial charge is 0.281 e. The van der Waals surface area contributed by atoms with Gasteiger partial charge in [-0.2, -0.15) is 5.10 Å². The second kappa shape index (κ2) is 7.76. The minimum atomic E-state index is -1.83. The largest absolute Gasteiger partial charge is 0.372 e. The van der Waals surface area contributed by atoms with E-state index in [0.29, 0.717) is 11.1 Å². The van der Waals surface area contributed by atoms with Crippen molar-refractivity contribution in [1.29, 1.82) is 0 Å².